The average Bonchev–Trinajstić information content (AvgIpc) is 2.22. The zero-order valence-electron chi connectivity index (χ0n) is 8.76. The van der Waals surface area contributed by atoms with Crippen LogP contribution in [0.4, 0.5) is 14.5 Å². The fourth-order valence-electron chi connectivity index (χ4n) is 1.12. The maximum Gasteiger partial charge on any atom is 0.254 e. The molecule has 1 aromatic rings. The summed E-state index contributed by atoms with van der Waals surface area (Å²) in [7, 11) is 0. The number of carbonyl (C=O) groups is 1. The van der Waals surface area contributed by atoms with Crippen LogP contribution in [0, 0.1) is 11.6 Å². The van der Waals surface area contributed by atoms with Gasteiger partial charge in [0.25, 0.3) is 5.91 Å². The summed E-state index contributed by atoms with van der Waals surface area (Å²) >= 11 is 0. The Balaban J connectivity index is 3.04. The Morgan fingerprint density at radius 3 is 2.75 bits per heavy atom. The Bertz CT molecular complexity index is 432. The van der Waals surface area contributed by atoms with Crippen molar-refractivity contribution in [3.8, 4) is 0 Å². The SMILES string of the molecule is C=CC(C)NC(=O)c1cc(F)cc(N)c1F. The molecule has 0 heterocycles. The lowest BCUT2D eigenvalue weighted by Gasteiger charge is -2.10. The van der Waals surface area contributed by atoms with Gasteiger partial charge in [0.1, 0.15) is 5.82 Å². The van der Waals surface area contributed by atoms with Gasteiger partial charge in [-0.05, 0) is 19.1 Å². The lowest BCUT2D eigenvalue weighted by Crippen LogP contribution is -2.31. The van der Waals surface area contributed by atoms with Crippen LogP contribution in [-0.4, -0.2) is 11.9 Å². The van der Waals surface area contributed by atoms with Gasteiger partial charge < -0.3 is 11.1 Å². The number of rotatable bonds is 3. The van der Waals surface area contributed by atoms with Gasteiger partial charge in [0.15, 0.2) is 5.82 Å². The van der Waals surface area contributed by atoms with Crippen molar-refractivity contribution >= 4 is 11.6 Å². The van der Waals surface area contributed by atoms with Crippen LogP contribution in [0.3, 0.4) is 0 Å². The Kier molecular flexibility index (Phi) is 3.60. The predicted octanol–water partition coefficient (Wildman–Crippen LogP) is 1.85. The van der Waals surface area contributed by atoms with Crippen LogP contribution in [0.5, 0.6) is 0 Å². The standard InChI is InChI=1S/C11H12F2N2O/c1-3-6(2)15-11(16)8-4-7(12)5-9(14)10(8)13/h3-6H,1,14H2,2H3,(H,15,16). The third-order valence-corrected chi connectivity index (χ3v) is 2.02. The molecule has 0 fully saturated rings. The van der Waals surface area contributed by atoms with Gasteiger partial charge in [-0.3, -0.25) is 4.79 Å². The second-order valence-corrected chi connectivity index (χ2v) is 3.35. The fourth-order valence-corrected chi connectivity index (χ4v) is 1.12. The largest absolute Gasteiger partial charge is 0.396 e. The van der Waals surface area contributed by atoms with Gasteiger partial charge in [0.2, 0.25) is 0 Å². The Labute approximate surface area is 91.9 Å². The van der Waals surface area contributed by atoms with Crippen LogP contribution >= 0.6 is 0 Å². The highest BCUT2D eigenvalue weighted by Gasteiger charge is 2.16. The van der Waals surface area contributed by atoms with Gasteiger partial charge in [0, 0.05) is 6.04 Å². The number of nitrogens with one attached hydrogen (secondary N) is 1. The number of benzene rings is 1. The van der Waals surface area contributed by atoms with Crippen LogP contribution < -0.4 is 11.1 Å². The van der Waals surface area contributed by atoms with E-state index in [1.165, 1.54) is 6.08 Å². The number of anilines is 1. The molecule has 0 spiro atoms. The highest BCUT2D eigenvalue weighted by molar-refractivity contribution is 5.95. The van der Waals surface area contributed by atoms with E-state index in [0.717, 1.165) is 12.1 Å². The molecule has 1 aromatic carbocycles. The maximum atomic E-state index is 13.4. The lowest BCUT2D eigenvalue weighted by molar-refractivity contribution is 0.0942. The lowest BCUT2D eigenvalue weighted by atomic mass is 10.1. The summed E-state index contributed by atoms with van der Waals surface area (Å²) in [6.07, 6.45) is 1.47. The molecule has 0 aromatic heterocycles. The molecule has 1 rings (SSSR count). The second-order valence-electron chi connectivity index (χ2n) is 3.35. The van der Waals surface area contributed by atoms with E-state index in [1.54, 1.807) is 6.92 Å². The molecule has 0 aliphatic carbocycles. The molecule has 0 saturated carbocycles. The molecule has 0 bridgehead atoms. The summed E-state index contributed by atoms with van der Waals surface area (Å²) in [5.41, 5.74) is 4.40. The minimum atomic E-state index is -0.921. The smallest absolute Gasteiger partial charge is 0.254 e. The minimum Gasteiger partial charge on any atom is -0.396 e. The quantitative estimate of drug-likeness (QED) is 0.610. The van der Waals surface area contributed by atoms with Crippen LogP contribution in [0.15, 0.2) is 24.8 Å². The van der Waals surface area contributed by atoms with Crippen molar-refractivity contribution in [3.05, 3.63) is 42.0 Å². The van der Waals surface area contributed by atoms with E-state index in [9.17, 15) is 13.6 Å². The van der Waals surface area contributed by atoms with Crippen molar-refractivity contribution in [2.45, 2.75) is 13.0 Å². The molecular formula is C11H12F2N2O. The molecule has 16 heavy (non-hydrogen) atoms. The molecule has 0 saturated heterocycles. The van der Waals surface area contributed by atoms with Crippen LogP contribution in [-0.2, 0) is 0 Å². The summed E-state index contributed by atoms with van der Waals surface area (Å²) in [6, 6.07) is 1.29. The van der Waals surface area contributed by atoms with E-state index in [1.807, 2.05) is 0 Å². The number of hydrogen-bond donors (Lipinski definition) is 2. The number of nitrogen functional groups attached to an aromatic ring is 1. The second kappa shape index (κ2) is 4.74. The van der Waals surface area contributed by atoms with Gasteiger partial charge >= 0.3 is 0 Å². The number of carbonyl (C=O) groups excluding carboxylic acids is 1. The summed E-state index contributed by atoms with van der Waals surface area (Å²) in [4.78, 5) is 11.5. The zero-order valence-corrected chi connectivity index (χ0v) is 8.76. The highest BCUT2D eigenvalue weighted by atomic mass is 19.1. The molecule has 0 aliphatic rings. The molecule has 0 radical (unpaired) electrons. The Hall–Kier alpha value is -1.91. The van der Waals surface area contributed by atoms with E-state index in [-0.39, 0.29) is 6.04 Å². The molecule has 5 heteroatoms. The predicted molar refractivity (Wildman–Crippen MR) is 57.9 cm³/mol. The van der Waals surface area contributed by atoms with Crippen molar-refractivity contribution in [1.82, 2.24) is 5.32 Å². The topological polar surface area (TPSA) is 55.1 Å². The van der Waals surface area contributed by atoms with Gasteiger partial charge in [-0.1, -0.05) is 6.08 Å². The molecule has 1 amide bonds. The van der Waals surface area contributed by atoms with Gasteiger partial charge in [-0.15, -0.1) is 6.58 Å². The number of hydrogen-bond acceptors (Lipinski definition) is 2. The maximum absolute atomic E-state index is 13.4. The summed E-state index contributed by atoms with van der Waals surface area (Å²) in [5.74, 6) is -2.40. The first-order chi connectivity index (χ1) is 7.45. The molecule has 1 unspecified atom stereocenters. The van der Waals surface area contributed by atoms with Crippen LogP contribution in [0.25, 0.3) is 0 Å². The Morgan fingerprint density at radius 1 is 1.56 bits per heavy atom. The number of nitrogens with two attached hydrogens (primary N) is 1. The first kappa shape index (κ1) is 12.2. The normalized spacial score (nSPS) is 11.9. The van der Waals surface area contributed by atoms with Crippen molar-refractivity contribution in [3.63, 3.8) is 0 Å². The van der Waals surface area contributed by atoms with Gasteiger partial charge in [-0.25, -0.2) is 8.78 Å². The third-order valence-electron chi connectivity index (χ3n) is 2.02. The summed E-state index contributed by atoms with van der Waals surface area (Å²) in [5, 5.41) is 2.42. The monoisotopic (exact) mass is 226 g/mol. The zero-order chi connectivity index (χ0) is 12.3. The van der Waals surface area contributed by atoms with E-state index in [0.29, 0.717) is 0 Å². The first-order valence-corrected chi connectivity index (χ1v) is 4.63. The molecule has 0 aliphatic heterocycles. The third kappa shape index (κ3) is 2.56. The molecular weight excluding hydrogens is 214 g/mol. The molecule has 86 valence electrons. The fraction of sp³-hybridized carbons (Fsp3) is 0.182. The van der Waals surface area contributed by atoms with E-state index in [4.69, 9.17) is 5.73 Å². The highest BCUT2D eigenvalue weighted by Crippen LogP contribution is 2.17. The summed E-state index contributed by atoms with van der Waals surface area (Å²) < 4.78 is 26.3. The Morgan fingerprint density at radius 2 is 2.19 bits per heavy atom. The van der Waals surface area contributed by atoms with Crippen molar-refractivity contribution in [1.29, 1.82) is 0 Å². The molecule has 3 N–H and O–H groups in total. The number of halogens is 2. The van der Waals surface area contributed by atoms with E-state index < -0.39 is 28.8 Å². The van der Waals surface area contributed by atoms with Gasteiger partial charge in [-0.2, -0.15) is 0 Å². The van der Waals surface area contributed by atoms with Gasteiger partial charge in [0.05, 0.1) is 11.3 Å². The van der Waals surface area contributed by atoms with E-state index >= 15 is 0 Å². The number of amides is 1. The molecule has 3 nitrogen and oxygen atoms in total. The summed E-state index contributed by atoms with van der Waals surface area (Å²) in [6.45, 7) is 5.12. The van der Waals surface area contributed by atoms with Crippen molar-refractivity contribution < 1.29 is 13.6 Å². The van der Waals surface area contributed by atoms with Crippen LogP contribution in [0.1, 0.15) is 17.3 Å². The van der Waals surface area contributed by atoms with E-state index in [2.05, 4.69) is 11.9 Å². The first-order valence-electron chi connectivity index (χ1n) is 4.63. The molecule has 1 atom stereocenters. The van der Waals surface area contributed by atoms with Crippen molar-refractivity contribution in [2.75, 3.05) is 5.73 Å². The average molecular weight is 226 g/mol. The van der Waals surface area contributed by atoms with Crippen LogP contribution in [0.2, 0.25) is 0 Å². The minimum absolute atomic E-state index is 0.337. The van der Waals surface area contributed by atoms with Crippen molar-refractivity contribution in [2.24, 2.45) is 0 Å².